The van der Waals surface area contributed by atoms with E-state index in [0.717, 1.165) is 18.9 Å². The van der Waals surface area contributed by atoms with Crippen LogP contribution in [0.15, 0.2) is 42.5 Å². The molecule has 107 heavy (non-hydrogen) atoms. The fourth-order valence-corrected chi connectivity index (χ4v) is 15.2. The number of halogens is 1. The largest absolute Gasteiger partial charge is 0.508 e. The van der Waals surface area contributed by atoms with Crippen molar-refractivity contribution in [2.45, 2.75) is 212 Å². The third kappa shape index (κ3) is 26.4. The van der Waals surface area contributed by atoms with Crippen molar-refractivity contribution in [3.05, 3.63) is 59.4 Å². The van der Waals surface area contributed by atoms with E-state index in [0.29, 0.717) is 37.0 Å². The van der Waals surface area contributed by atoms with Gasteiger partial charge in [0, 0.05) is 70.6 Å². The van der Waals surface area contributed by atoms with E-state index in [4.69, 9.17) is 29.4 Å². The molecular weight excluding hydrogens is 1410 g/mol. The average molecular weight is 1520 g/mol. The van der Waals surface area contributed by atoms with Crippen LogP contribution >= 0.6 is 11.8 Å². The number of aliphatic carboxylic acids is 1. The number of likely N-dealkylation sites (tertiary alicyclic amines) is 2. The molecular formula is C75H114FN11O19S. The molecule has 0 aromatic heterocycles. The van der Waals surface area contributed by atoms with Crippen LogP contribution < -0.4 is 42.4 Å². The highest BCUT2D eigenvalue weighted by Crippen LogP contribution is 2.52. The number of benzene rings is 2. The summed E-state index contributed by atoms with van der Waals surface area (Å²) >= 11 is 1.34. The van der Waals surface area contributed by atoms with Crippen molar-refractivity contribution in [1.82, 2.24) is 46.2 Å². The van der Waals surface area contributed by atoms with E-state index in [2.05, 4.69) is 31.9 Å². The van der Waals surface area contributed by atoms with Crippen LogP contribution in [0.1, 0.15) is 162 Å². The number of methoxy groups -OCH3 is 3. The first-order valence-electron chi connectivity index (χ1n) is 36.8. The predicted molar refractivity (Wildman–Crippen MR) is 396 cm³/mol. The second-order valence-electron chi connectivity index (χ2n) is 29.5. The number of nitrogens with zero attached hydrogens (tertiary/aromatic N) is 4. The summed E-state index contributed by atoms with van der Waals surface area (Å²) in [6.45, 7) is 15.6. The van der Waals surface area contributed by atoms with E-state index in [9.17, 15) is 67.0 Å². The third-order valence-electron chi connectivity index (χ3n) is 20.1. The summed E-state index contributed by atoms with van der Waals surface area (Å²) in [6.07, 6.45) is -0.721. The number of carbonyl (C=O) groups excluding carboxylic acids is 12. The monoisotopic (exact) mass is 1520 g/mol. The van der Waals surface area contributed by atoms with E-state index in [1.54, 1.807) is 58.9 Å². The summed E-state index contributed by atoms with van der Waals surface area (Å²) < 4.78 is 43.1. The molecule has 0 spiro atoms. The molecule has 2 saturated heterocycles. The van der Waals surface area contributed by atoms with Crippen LogP contribution in [0.2, 0.25) is 0 Å². The van der Waals surface area contributed by atoms with Gasteiger partial charge in [0.1, 0.15) is 30.8 Å². The number of unbranched alkanes of at least 4 members (excludes halogenated alkanes) is 2. The number of carbonyl (C=O) groups is 13. The van der Waals surface area contributed by atoms with Crippen molar-refractivity contribution >= 4 is 94.6 Å². The van der Waals surface area contributed by atoms with Gasteiger partial charge in [0.15, 0.2) is 17.3 Å². The van der Waals surface area contributed by atoms with E-state index in [-0.39, 0.29) is 135 Å². The van der Waals surface area contributed by atoms with Crippen LogP contribution in [0.5, 0.6) is 5.75 Å². The number of amides is 11. The number of hydrogen-bond donors (Lipinski definition) is 8. The zero-order valence-electron chi connectivity index (χ0n) is 64.6. The lowest BCUT2D eigenvalue weighted by Crippen LogP contribution is -2.59. The molecule has 596 valence electrons. The Morgan fingerprint density at radius 2 is 1.46 bits per heavy atom. The summed E-state index contributed by atoms with van der Waals surface area (Å²) in [6, 6.07) is 3.69. The topological polar surface area (TPSA) is 399 Å². The maximum Gasteiger partial charge on any atom is 0.508 e. The highest BCUT2D eigenvalue weighted by Gasteiger charge is 2.49. The zero-order valence-corrected chi connectivity index (χ0v) is 65.4. The molecule has 30 nitrogen and oxygen atoms in total. The highest BCUT2D eigenvalue weighted by atomic mass is 32.2. The van der Waals surface area contributed by atoms with Gasteiger partial charge in [-0.3, -0.25) is 62.5 Å². The Hall–Kier alpha value is -8.49. The summed E-state index contributed by atoms with van der Waals surface area (Å²) in [5.41, 5.74) is 5.67. The molecule has 2 aromatic rings. The van der Waals surface area contributed by atoms with Gasteiger partial charge in [-0.2, -0.15) is 0 Å². The van der Waals surface area contributed by atoms with E-state index >= 15 is 4.79 Å². The van der Waals surface area contributed by atoms with Gasteiger partial charge in [-0.1, -0.05) is 87.3 Å². The molecule has 1 aliphatic carbocycles. The average Bonchev–Trinajstić information content (AvgIpc) is 1.72. The number of nitrogens with two attached hydrogens (primary N) is 1. The third-order valence-corrected chi connectivity index (χ3v) is 21.7. The Morgan fingerprint density at radius 3 is 2.03 bits per heavy atom. The number of nitrogens with one attached hydrogen (secondary N) is 6. The van der Waals surface area contributed by atoms with Crippen LogP contribution in [-0.4, -0.2) is 236 Å². The van der Waals surface area contributed by atoms with Crippen molar-refractivity contribution in [3.63, 3.8) is 0 Å². The van der Waals surface area contributed by atoms with Gasteiger partial charge >= 0.3 is 18.2 Å². The van der Waals surface area contributed by atoms with Gasteiger partial charge in [0.2, 0.25) is 53.2 Å². The molecule has 2 aromatic carbocycles. The van der Waals surface area contributed by atoms with Gasteiger partial charge < -0.3 is 76.2 Å². The smallest absolute Gasteiger partial charge is 0.494 e. The molecule has 9 N–H and O–H groups in total. The predicted octanol–water partition coefficient (Wildman–Crippen LogP) is 5.80. The standard InChI is InChI=1S/C75H114FN11O19S/c1-16-45(8)65(85(12)72(99)63(43(4)5)83-70(97)64(44(6)7)84(10)11)56(103-14)35-59(90)87-39-50(34-53(87)66(104-15)46(9)67(94)79-38-54(88)48-25-28-55(102-13)51(76)33-48)106-74(101)105-40-47-23-26-49(27-24-47)80-68(95)52(21-20-31-78-73(77)100)81-69(96)62(42(2)3)82-58(89)22-18-17-19-32-86-60(91)36-57(71(86)98)107-41-75(29-30-75)37-61(92)93/h23-28,33,42-46,50,52-53,56-57,62-66H,16-22,29-32,34-41H2,1-15H3,(H,79,94)(H,80,95)(H,81,96)(H,82,89)(H,83,97)(H,92,93)(H3,77,78,100)/t45-,46+,50-,52?,53-,56+,57?,62-,63-,64-,65-,66+/m0/s1. The minimum atomic E-state index is -1.17. The van der Waals surface area contributed by atoms with Crippen LogP contribution in [-0.2, 0) is 73.5 Å². The lowest BCUT2D eigenvalue weighted by atomic mass is 9.89. The number of carboxylic acid groups (broad SMARTS) is 1. The number of imide groups is 1. The lowest BCUT2D eigenvalue weighted by Gasteiger charge is -2.41. The number of rotatable bonds is 45. The Morgan fingerprint density at radius 1 is 0.785 bits per heavy atom. The van der Waals surface area contributed by atoms with Crippen molar-refractivity contribution < 1.29 is 95.5 Å². The zero-order chi connectivity index (χ0) is 79.7. The fourth-order valence-electron chi connectivity index (χ4n) is 13.7. The molecule has 5 rings (SSSR count). The Balaban J connectivity index is 1.24. The lowest BCUT2D eigenvalue weighted by molar-refractivity contribution is -0.148. The second-order valence-corrected chi connectivity index (χ2v) is 30.7. The van der Waals surface area contributed by atoms with Crippen molar-refractivity contribution in [3.8, 4) is 5.75 Å². The quantitative estimate of drug-likeness (QED) is 0.0168. The number of thioether (sulfide) groups is 1. The molecule has 2 aliphatic heterocycles. The number of hydrogen-bond acceptors (Lipinski definition) is 20. The molecule has 1 saturated carbocycles. The van der Waals surface area contributed by atoms with Gasteiger partial charge in [0.05, 0.1) is 74.5 Å². The number of carboxylic acids is 1. The normalized spacial score (nSPS) is 18.6. The van der Waals surface area contributed by atoms with Crippen LogP contribution in [0.3, 0.4) is 0 Å². The molecule has 0 radical (unpaired) electrons. The van der Waals surface area contributed by atoms with E-state index in [1.807, 2.05) is 41.5 Å². The maximum atomic E-state index is 15.1. The van der Waals surface area contributed by atoms with Crippen molar-refractivity contribution in [2.24, 2.45) is 40.7 Å². The van der Waals surface area contributed by atoms with Crippen LogP contribution in [0.4, 0.5) is 19.7 Å². The first-order chi connectivity index (χ1) is 50.5. The first kappa shape index (κ1) is 89.1. The molecule has 2 heterocycles. The molecule has 32 heteroatoms. The molecule has 11 amide bonds. The molecule has 3 aliphatic rings. The summed E-state index contributed by atoms with van der Waals surface area (Å²) in [7, 11) is 9.25. The Labute approximate surface area is 631 Å². The molecule has 0 bridgehead atoms. The number of Topliss-reactive ketones (excluding diaryl/α,β-unsaturated/α-hetero) is 1. The van der Waals surface area contributed by atoms with Gasteiger partial charge in [-0.05, 0) is 118 Å². The number of ether oxygens (including phenoxy) is 5. The van der Waals surface area contributed by atoms with Crippen LogP contribution in [0.25, 0.3) is 0 Å². The number of primary amides is 1. The second kappa shape index (κ2) is 42.3. The fraction of sp³-hybridized carbons (Fsp3) is 0.667. The number of urea groups is 1. The van der Waals surface area contributed by atoms with E-state index < -0.39 is 137 Å². The number of likely N-dealkylation sites (N-methyl/N-ethyl adjacent to an activating group) is 2. The van der Waals surface area contributed by atoms with E-state index in [1.165, 1.54) is 72.1 Å². The Kier molecular flexibility index (Phi) is 35.2. The van der Waals surface area contributed by atoms with Crippen molar-refractivity contribution in [1.29, 1.82) is 0 Å². The van der Waals surface area contributed by atoms with Crippen molar-refractivity contribution in [2.75, 3.05) is 79.7 Å². The Bertz CT molecular complexity index is 3410. The minimum Gasteiger partial charge on any atom is -0.494 e. The minimum absolute atomic E-state index is 0.0190. The molecule has 12 atom stereocenters. The molecule has 2 unspecified atom stereocenters. The summed E-state index contributed by atoms with van der Waals surface area (Å²) in [5.74, 6) is -8.13. The van der Waals surface area contributed by atoms with Crippen LogP contribution in [0, 0.1) is 40.8 Å². The maximum absolute atomic E-state index is 15.1. The van der Waals surface area contributed by atoms with Gasteiger partial charge in [-0.15, -0.1) is 11.8 Å². The highest BCUT2D eigenvalue weighted by molar-refractivity contribution is 8.00. The summed E-state index contributed by atoms with van der Waals surface area (Å²) in [5, 5.41) is 25.1. The SMILES string of the molecule is CC[C@H](C)[C@@H]([C@@H](CC(=O)N1C[C@@H](OC(=O)OCc2ccc(NC(=O)C(CCCNC(N)=O)NC(=O)[C@@H](NC(=O)CCCCCN3C(=O)CC(SCC4(CC(=O)O)CC4)C3=O)C(C)C)cc2)C[C@H]1[C@H](OC)[C@@H](C)C(=O)NCC(=O)c1ccc(OC)c(F)c1)OC)N(C)C(=O)[C@@H](NC(=O)[C@H](C(C)C)N(C)C)C(C)C. The molecule has 3 fully saturated rings. The summed E-state index contributed by atoms with van der Waals surface area (Å²) in [4.78, 5) is 180. The number of anilines is 1. The van der Waals surface area contributed by atoms with Gasteiger partial charge in [0.25, 0.3) is 0 Å². The van der Waals surface area contributed by atoms with Gasteiger partial charge in [-0.25, -0.2) is 14.0 Å². The first-order valence-corrected chi connectivity index (χ1v) is 37.8. The number of ketones is 1.